The summed E-state index contributed by atoms with van der Waals surface area (Å²) < 4.78 is 0. The summed E-state index contributed by atoms with van der Waals surface area (Å²) in [5, 5.41) is 12.7. The van der Waals surface area contributed by atoms with Crippen LogP contribution in [0.3, 0.4) is 0 Å². The van der Waals surface area contributed by atoms with Gasteiger partial charge in [-0.1, -0.05) is 43.7 Å². The van der Waals surface area contributed by atoms with Crippen LogP contribution in [0.15, 0.2) is 36.0 Å². The van der Waals surface area contributed by atoms with Gasteiger partial charge >= 0.3 is 0 Å². The van der Waals surface area contributed by atoms with Gasteiger partial charge in [0.2, 0.25) is 5.91 Å². The van der Waals surface area contributed by atoms with Crippen LogP contribution in [0.2, 0.25) is 0 Å². The van der Waals surface area contributed by atoms with Crippen LogP contribution in [-0.2, 0) is 14.4 Å². The predicted octanol–water partition coefficient (Wildman–Crippen LogP) is 2.75. The first-order chi connectivity index (χ1) is 13.7. The zero-order valence-electron chi connectivity index (χ0n) is 17.6. The smallest absolute Gasteiger partial charge is 0.243 e. The molecule has 1 aliphatic heterocycles. The molecule has 2 fully saturated rings. The topological polar surface area (TPSA) is 83.5 Å². The van der Waals surface area contributed by atoms with E-state index in [1.165, 1.54) is 6.92 Å². The molecule has 8 unspecified atom stereocenters. The van der Waals surface area contributed by atoms with E-state index >= 15 is 0 Å². The minimum Gasteiger partial charge on any atom is -0.391 e. The average molecular weight is 398 g/mol. The molecule has 156 valence electrons. The van der Waals surface area contributed by atoms with Gasteiger partial charge in [-0.05, 0) is 56.9 Å². The number of aliphatic hydroxyl groups excluding tert-OH is 1. The Morgan fingerprint density at radius 1 is 1.28 bits per heavy atom. The molecule has 2 N–H and O–H groups in total. The second kappa shape index (κ2) is 6.76. The molecular weight excluding hydrogens is 366 g/mol. The molecule has 3 aliphatic carbocycles. The first kappa shape index (κ1) is 20.3. The summed E-state index contributed by atoms with van der Waals surface area (Å²) in [5.74, 6) is -0.988. The summed E-state index contributed by atoms with van der Waals surface area (Å²) in [6.07, 6.45) is 11.7. The van der Waals surface area contributed by atoms with E-state index in [9.17, 15) is 19.5 Å². The highest BCUT2D eigenvalue weighted by molar-refractivity contribution is 6.31. The number of fused-ring (bicyclic) bond motifs is 3. The number of rotatable bonds is 2. The van der Waals surface area contributed by atoms with Gasteiger partial charge in [-0.3, -0.25) is 14.4 Å². The molecule has 5 nitrogen and oxygen atoms in total. The number of hydrogen-bond acceptors (Lipinski definition) is 4. The molecule has 0 bridgehead atoms. The minimum absolute atomic E-state index is 0.0945. The highest BCUT2D eigenvalue weighted by atomic mass is 16.3. The lowest BCUT2D eigenvalue weighted by molar-refractivity contribution is -0.155. The van der Waals surface area contributed by atoms with Crippen LogP contribution in [0.25, 0.3) is 0 Å². The van der Waals surface area contributed by atoms with Crippen molar-refractivity contribution in [2.45, 2.75) is 59.1 Å². The van der Waals surface area contributed by atoms with E-state index < -0.39 is 40.6 Å². The lowest BCUT2D eigenvalue weighted by atomic mass is 9.47. The normalized spacial score (nSPS) is 45.2. The van der Waals surface area contributed by atoms with Crippen molar-refractivity contribution >= 4 is 17.5 Å². The van der Waals surface area contributed by atoms with Crippen LogP contribution in [0.1, 0.15) is 47.0 Å². The highest BCUT2D eigenvalue weighted by Gasteiger charge is 2.70. The number of hydrogen-bond donors (Lipinski definition) is 2. The van der Waals surface area contributed by atoms with Gasteiger partial charge < -0.3 is 10.4 Å². The maximum atomic E-state index is 14.2. The molecule has 29 heavy (non-hydrogen) atoms. The summed E-state index contributed by atoms with van der Waals surface area (Å²) in [7, 11) is 0. The molecule has 1 heterocycles. The van der Waals surface area contributed by atoms with E-state index in [4.69, 9.17) is 0 Å². The fraction of sp³-hybridized carbons (Fsp3) is 0.625. The van der Waals surface area contributed by atoms with Gasteiger partial charge in [-0.15, -0.1) is 0 Å². The number of carbonyl (C=O) groups excluding carboxylic acids is 3. The summed E-state index contributed by atoms with van der Waals surface area (Å²) in [4.78, 5) is 41.0. The van der Waals surface area contributed by atoms with E-state index in [0.717, 1.165) is 24.8 Å². The third-order valence-corrected chi connectivity index (χ3v) is 7.91. The fourth-order valence-electron chi connectivity index (χ4n) is 6.33. The number of Topliss-reactive ketones (excluding diaryl/α,β-unsaturated/α-hetero) is 2. The summed E-state index contributed by atoms with van der Waals surface area (Å²) >= 11 is 0. The first-order valence-corrected chi connectivity index (χ1v) is 10.8. The Hall–Kier alpha value is -2.01. The number of allylic oxidation sites excluding steroid dienone is 6. The molecule has 0 aromatic carbocycles. The number of aliphatic hydroxyl groups is 1. The molecule has 1 saturated heterocycles. The van der Waals surface area contributed by atoms with Gasteiger partial charge in [0.1, 0.15) is 6.04 Å². The third kappa shape index (κ3) is 2.52. The van der Waals surface area contributed by atoms with Gasteiger partial charge in [-0.25, -0.2) is 0 Å². The fourth-order valence-corrected chi connectivity index (χ4v) is 6.33. The van der Waals surface area contributed by atoms with Crippen molar-refractivity contribution in [1.82, 2.24) is 5.32 Å². The summed E-state index contributed by atoms with van der Waals surface area (Å²) in [6.45, 7) is 7.47. The van der Waals surface area contributed by atoms with Gasteiger partial charge in [-0.2, -0.15) is 0 Å². The molecule has 5 heteroatoms. The highest BCUT2D eigenvalue weighted by Crippen LogP contribution is 2.59. The quantitative estimate of drug-likeness (QED) is 0.554. The van der Waals surface area contributed by atoms with E-state index in [2.05, 4.69) is 18.3 Å². The van der Waals surface area contributed by atoms with Crippen LogP contribution in [-0.4, -0.2) is 34.7 Å². The van der Waals surface area contributed by atoms with Crippen molar-refractivity contribution in [2.24, 2.45) is 34.5 Å². The van der Waals surface area contributed by atoms with E-state index in [-0.39, 0.29) is 17.6 Å². The second-order valence-corrected chi connectivity index (χ2v) is 9.62. The maximum absolute atomic E-state index is 14.2. The van der Waals surface area contributed by atoms with Gasteiger partial charge in [0.15, 0.2) is 17.0 Å². The van der Waals surface area contributed by atoms with Crippen molar-refractivity contribution in [1.29, 1.82) is 0 Å². The Bertz CT molecular complexity index is 853. The first-order valence-electron chi connectivity index (χ1n) is 10.8. The van der Waals surface area contributed by atoms with Crippen LogP contribution < -0.4 is 5.32 Å². The molecular formula is C24H31NO4. The maximum Gasteiger partial charge on any atom is 0.243 e. The molecule has 0 aromatic rings. The lowest BCUT2D eigenvalue weighted by Gasteiger charge is -2.53. The van der Waals surface area contributed by atoms with Crippen LogP contribution in [0, 0.1) is 34.5 Å². The molecule has 1 saturated carbocycles. The monoisotopic (exact) mass is 397 g/mol. The molecule has 1 spiro atoms. The summed E-state index contributed by atoms with van der Waals surface area (Å²) in [5.41, 5.74) is -1.73. The number of carbonyl (C=O) groups is 3. The number of amides is 1. The van der Waals surface area contributed by atoms with Crippen LogP contribution in [0.4, 0.5) is 0 Å². The van der Waals surface area contributed by atoms with E-state index in [1.54, 1.807) is 12.2 Å². The molecule has 4 aliphatic rings. The van der Waals surface area contributed by atoms with Crippen molar-refractivity contribution in [3.63, 3.8) is 0 Å². The SMILES string of the molecule is CC=CC1C=C2C=CC3CC(C)CCC3C2(C)C(=O)C12C(=O)NC(C(C)O)C2=O. The Labute approximate surface area is 172 Å². The van der Waals surface area contributed by atoms with Gasteiger partial charge in [0, 0.05) is 5.92 Å². The number of nitrogens with one attached hydrogen (secondary N) is 1. The Morgan fingerprint density at radius 3 is 2.62 bits per heavy atom. The third-order valence-electron chi connectivity index (χ3n) is 7.91. The molecule has 0 radical (unpaired) electrons. The van der Waals surface area contributed by atoms with Crippen LogP contribution in [0.5, 0.6) is 0 Å². The van der Waals surface area contributed by atoms with Crippen molar-refractivity contribution < 1.29 is 19.5 Å². The minimum atomic E-state index is -1.79. The standard InChI is InChI=1S/C24H31NO4/c1-5-6-17-12-16-9-8-15-11-13(2)7-10-18(15)23(16,4)21(28)24(17)20(27)19(14(3)26)25-22(24)29/h5-6,8-9,12-15,17-19,26H,7,10-11H2,1-4H3,(H,25,29). The number of ketones is 2. The van der Waals surface area contributed by atoms with Crippen molar-refractivity contribution in [2.75, 3.05) is 0 Å². The molecule has 8 atom stereocenters. The van der Waals surface area contributed by atoms with Crippen molar-refractivity contribution in [3.8, 4) is 0 Å². The zero-order valence-corrected chi connectivity index (χ0v) is 17.6. The molecule has 1 amide bonds. The van der Waals surface area contributed by atoms with E-state index in [1.807, 2.05) is 26.0 Å². The second-order valence-electron chi connectivity index (χ2n) is 9.62. The van der Waals surface area contributed by atoms with Crippen molar-refractivity contribution in [3.05, 3.63) is 36.0 Å². The van der Waals surface area contributed by atoms with Gasteiger partial charge in [0.05, 0.1) is 11.5 Å². The Morgan fingerprint density at radius 2 is 2.00 bits per heavy atom. The Kier molecular flexibility index (Phi) is 4.73. The molecule has 0 aromatic heterocycles. The van der Waals surface area contributed by atoms with Crippen LogP contribution >= 0.6 is 0 Å². The largest absolute Gasteiger partial charge is 0.391 e. The van der Waals surface area contributed by atoms with Gasteiger partial charge in [0.25, 0.3) is 0 Å². The average Bonchev–Trinajstić information content (AvgIpc) is 2.93. The summed E-state index contributed by atoms with van der Waals surface area (Å²) in [6, 6.07) is -1.04. The predicted molar refractivity (Wildman–Crippen MR) is 110 cm³/mol. The zero-order chi connectivity index (χ0) is 21.1. The Balaban J connectivity index is 1.91. The van der Waals surface area contributed by atoms with E-state index in [0.29, 0.717) is 5.92 Å². The molecule has 4 rings (SSSR count). The lowest BCUT2D eigenvalue weighted by Crippen LogP contribution is -2.60.